The van der Waals surface area contributed by atoms with Crippen LogP contribution >= 0.6 is 0 Å². The van der Waals surface area contributed by atoms with Crippen molar-refractivity contribution in [3.63, 3.8) is 0 Å². The topological polar surface area (TPSA) is 33.1 Å². The lowest BCUT2D eigenvalue weighted by molar-refractivity contribution is 0.165. The average molecular weight is 278 g/mol. The molecule has 0 aliphatic carbocycles. The third-order valence-electron chi connectivity index (χ3n) is 4.41. The van der Waals surface area contributed by atoms with E-state index in [0.29, 0.717) is 6.04 Å². The monoisotopic (exact) mass is 278 g/mol. The lowest BCUT2D eigenvalue weighted by Crippen LogP contribution is -2.42. The Balaban J connectivity index is 1.95. The zero-order chi connectivity index (χ0) is 14.5. The second-order valence-electron chi connectivity index (χ2n) is 6.15. The number of aromatic nitrogens is 2. The van der Waals surface area contributed by atoms with Gasteiger partial charge in [-0.15, -0.1) is 0 Å². The lowest BCUT2D eigenvalue weighted by Gasteiger charge is -2.36. The largest absolute Gasteiger partial charge is 0.379 e. The van der Waals surface area contributed by atoms with Crippen molar-refractivity contribution in [1.29, 1.82) is 0 Å². The fourth-order valence-corrected chi connectivity index (χ4v) is 3.30. The minimum atomic E-state index is 0.518. The second kappa shape index (κ2) is 7.11. The normalized spacial score (nSPS) is 21.9. The second-order valence-corrected chi connectivity index (χ2v) is 6.15. The van der Waals surface area contributed by atoms with E-state index in [1.807, 2.05) is 11.7 Å². The molecular weight excluding hydrogens is 248 g/mol. The van der Waals surface area contributed by atoms with E-state index in [1.165, 1.54) is 50.3 Å². The van der Waals surface area contributed by atoms with Crippen molar-refractivity contribution in [1.82, 2.24) is 14.7 Å². The van der Waals surface area contributed by atoms with Gasteiger partial charge in [0.2, 0.25) is 0 Å². The number of rotatable bonds is 6. The van der Waals surface area contributed by atoms with Gasteiger partial charge in [-0.1, -0.05) is 13.8 Å². The molecule has 1 aromatic heterocycles. The zero-order valence-electron chi connectivity index (χ0n) is 13.5. The van der Waals surface area contributed by atoms with Gasteiger partial charge in [0.1, 0.15) is 0 Å². The van der Waals surface area contributed by atoms with Gasteiger partial charge in [-0.25, -0.2) is 0 Å². The first-order valence-corrected chi connectivity index (χ1v) is 8.15. The van der Waals surface area contributed by atoms with Gasteiger partial charge in [-0.2, -0.15) is 5.10 Å². The van der Waals surface area contributed by atoms with Gasteiger partial charge in [0.05, 0.1) is 11.4 Å². The van der Waals surface area contributed by atoms with Crippen molar-refractivity contribution >= 4 is 5.69 Å². The van der Waals surface area contributed by atoms with E-state index in [0.717, 1.165) is 12.3 Å². The van der Waals surface area contributed by atoms with E-state index in [4.69, 9.17) is 0 Å². The van der Waals surface area contributed by atoms with Crippen LogP contribution in [0.4, 0.5) is 5.69 Å². The van der Waals surface area contributed by atoms with E-state index in [2.05, 4.69) is 42.3 Å². The number of aryl methyl sites for hydroxylation is 2. The van der Waals surface area contributed by atoms with E-state index in [-0.39, 0.29) is 0 Å². The highest BCUT2D eigenvalue weighted by Crippen LogP contribution is 2.24. The van der Waals surface area contributed by atoms with Crippen LogP contribution in [0.25, 0.3) is 0 Å². The first-order chi connectivity index (χ1) is 9.63. The van der Waals surface area contributed by atoms with Crippen LogP contribution in [0.15, 0.2) is 6.20 Å². The summed E-state index contributed by atoms with van der Waals surface area (Å²) < 4.78 is 1.91. The number of hydrogen-bond donors (Lipinski definition) is 1. The molecule has 0 amide bonds. The average Bonchev–Trinajstić information content (AvgIpc) is 2.79. The minimum absolute atomic E-state index is 0.518. The van der Waals surface area contributed by atoms with Crippen molar-refractivity contribution < 1.29 is 0 Å². The molecule has 2 rings (SSSR count). The van der Waals surface area contributed by atoms with Crippen molar-refractivity contribution in [2.45, 2.75) is 52.5 Å². The molecule has 20 heavy (non-hydrogen) atoms. The van der Waals surface area contributed by atoms with Crippen molar-refractivity contribution in [2.24, 2.45) is 13.0 Å². The summed E-state index contributed by atoms with van der Waals surface area (Å²) in [6.07, 6.45) is 7.04. The lowest BCUT2D eigenvalue weighted by atomic mass is 9.91. The molecule has 0 bridgehead atoms. The molecule has 2 heterocycles. The summed E-state index contributed by atoms with van der Waals surface area (Å²) in [4.78, 5) is 2.62. The summed E-state index contributed by atoms with van der Waals surface area (Å²) in [5, 5.41) is 8.22. The minimum Gasteiger partial charge on any atom is -0.379 e. The standard InChI is InChI=1S/C16H30N4/c1-5-9-20-10-7-8-14(11-20)13(3)17-16-12-19(4)18-15(16)6-2/h12-14,17H,5-11H2,1-4H3. The van der Waals surface area contributed by atoms with Crippen LogP contribution in [0.3, 0.4) is 0 Å². The van der Waals surface area contributed by atoms with Gasteiger partial charge in [0.25, 0.3) is 0 Å². The predicted octanol–water partition coefficient (Wildman–Crippen LogP) is 2.90. The maximum Gasteiger partial charge on any atom is 0.0853 e. The Morgan fingerprint density at radius 1 is 1.45 bits per heavy atom. The molecule has 1 aliphatic heterocycles. The predicted molar refractivity (Wildman–Crippen MR) is 85.1 cm³/mol. The number of likely N-dealkylation sites (tertiary alicyclic amines) is 1. The molecule has 1 fully saturated rings. The molecule has 0 spiro atoms. The summed E-state index contributed by atoms with van der Waals surface area (Å²) in [7, 11) is 2.00. The van der Waals surface area contributed by atoms with Crippen LogP contribution in [0.2, 0.25) is 0 Å². The summed E-state index contributed by atoms with van der Waals surface area (Å²) in [5.41, 5.74) is 2.40. The van der Waals surface area contributed by atoms with Crippen molar-refractivity contribution in [3.8, 4) is 0 Å². The number of piperidine rings is 1. The molecule has 4 heteroatoms. The molecule has 4 nitrogen and oxygen atoms in total. The van der Waals surface area contributed by atoms with Crippen LogP contribution in [-0.2, 0) is 13.5 Å². The molecule has 1 aliphatic rings. The van der Waals surface area contributed by atoms with Crippen molar-refractivity contribution in [2.75, 3.05) is 25.0 Å². The molecule has 0 radical (unpaired) electrons. The zero-order valence-corrected chi connectivity index (χ0v) is 13.5. The highest BCUT2D eigenvalue weighted by Gasteiger charge is 2.24. The number of anilines is 1. The quantitative estimate of drug-likeness (QED) is 0.868. The van der Waals surface area contributed by atoms with Crippen molar-refractivity contribution in [3.05, 3.63) is 11.9 Å². The number of hydrogen-bond acceptors (Lipinski definition) is 3. The SMILES string of the molecule is CCCN1CCCC(C(C)Nc2cn(C)nc2CC)C1. The molecule has 2 unspecified atom stereocenters. The summed E-state index contributed by atoms with van der Waals surface area (Å²) >= 11 is 0. The highest BCUT2D eigenvalue weighted by atomic mass is 15.3. The van der Waals surface area contributed by atoms with E-state index >= 15 is 0 Å². The summed E-state index contributed by atoms with van der Waals surface area (Å²) in [5.74, 6) is 0.750. The number of nitrogens with one attached hydrogen (secondary N) is 1. The Morgan fingerprint density at radius 3 is 2.95 bits per heavy atom. The first-order valence-electron chi connectivity index (χ1n) is 8.15. The first kappa shape index (κ1) is 15.4. The van der Waals surface area contributed by atoms with Crippen LogP contribution in [0.5, 0.6) is 0 Å². The van der Waals surface area contributed by atoms with Gasteiger partial charge < -0.3 is 10.2 Å². The number of nitrogens with zero attached hydrogens (tertiary/aromatic N) is 3. The van der Waals surface area contributed by atoms with Gasteiger partial charge in [0, 0.05) is 25.8 Å². The third kappa shape index (κ3) is 3.75. The maximum atomic E-state index is 4.52. The van der Waals surface area contributed by atoms with Gasteiger partial charge >= 0.3 is 0 Å². The van der Waals surface area contributed by atoms with E-state index in [1.54, 1.807) is 0 Å². The maximum absolute atomic E-state index is 4.52. The van der Waals surface area contributed by atoms with Gasteiger partial charge in [-0.3, -0.25) is 4.68 Å². The third-order valence-corrected chi connectivity index (χ3v) is 4.41. The molecular formula is C16H30N4. The Kier molecular flexibility index (Phi) is 5.46. The molecule has 2 atom stereocenters. The van der Waals surface area contributed by atoms with Gasteiger partial charge in [0.15, 0.2) is 0 Å². The molecule has 1 aromatic rings. The summed E-state index contributed by atoms with van der Waals surface area (Å²) in [6, 6.07) is 0.518. The Morgan fingerprint density at radius 2 is 2.25 bits per heavy atom. The van der Waals surface area contributed by atoms with E-state index < -0.39 is 0 Å². The Hall–Kier alpha value is -1.03. The molecule has 0 aromatic carbocycles. The summed E-state index contributed by atoms with van der Waals surface area (Å²) in [6.45, 7) is 10.5. The van der Waals surface area contributed by atoms with Crippen LogP contribution < -0.4 is 5.32 Å². The molecule has 114 valence electrons. The highest BCUT2D eigenvalue weighted by molar-refractivity contribution is 5.47. The molecule has 0 saturated carbocycles. The van der Waals surface area contributed by atoms with Gasteiger partial charge in [-0.05, 0) is 51.6 Å². The van der Waals surface area contributed by atoms with Crippen LogP contribution in [0.1, 0.15) is 45.7 Å². The Bertz CT molecular complexity index is 411. The molecule has 1 saturated heterocycles. The van der Waals surface area contributed by atoms with Crippen LogP contribution in [-0.4, -0.2) is 40.4 Å². The smallest absolute Gasteiger partial charge is 0.0853 e. The van der Waals surface area contributed by atoms with E-state index in [9.17, 15) is 0 Å². The Labute approximate surface area is 123 Å². The van der Waals surface area contributed by atoms with Crippen LogP contribution in [0, 0.1) is 5.92 Å². The fraction of sp³-hybridized carbons (Fsp3) is 0.812. The molecule has 1 N–H and O–H groups in total. The fourth-order valence-electron chi connectivity index (χ4n) is 3.30.